The number of carboxylic acids is 2. The third-order valence-electron chi connectivity index (χ3n) is 9.61. The largest absolute Gasteiger partial charge is 0.508 e. The summed E-state index contributed by atoms with van der Waals surface area (Å²) in [6.07, 6.45) is 1.03. The molecule has 0 saturated heterocycles. The number of H-pyrrole nitrogens is 1. The van der Waals surface area contributed by atoms with Gasteiger partial charge in [-0.3, -0.25) is 38.6 Å². The number of hydrogen-bond donors (Lipinski definition) is 14. The standard InChI is InChI=1S/C41H56N12O12/c1-22(42)34(58)50-29(16-23-6-3-2-4-7-23)37(61)52-31(18-25-19-45-21-47-25)38(62)51-30(17-24-9-11-26(55)12-10-24)36(60)48-27(13-14-33(56)57)35(59)53-32(20-54)39(63)49-28(40(64)65)8-5-15-46-41(43)44/h2-4,6-7,9-12,19,21-22,27-32,54-55H,5,8,13-18,20,42H2,1H3,(H,45,47)(H,48,60)(H,49,63)(H,50,58)(H,51,62)(H,52,61)(H,53,59)(H,56,57)(H,64,65)(H4,43,44,46)/t22-,27-,28-,29-,30-,31-,32-/m0/s1. The molecule has 0 spiro atoms. The average molecular weight is 909 g/mol. The van der Waals surface area contributed by atoms with Gasteiger partial charge in [0.2, 0.25) is 35.4 Å². The molecule has 24 nitrogen and oxygen atoms in total. The summed E-state index contributed by atoms with van der Waals surface area (Å²) in [6, 6.07) is 4.10. The molecule has 1 aromatic heterocycles. The summed E-state index contributed by atoms with van der Waals surface area (Å²) in [6.45, 7) is 0.433. The Morgan fingerprint density at radius 1 is 0.662 bits per heavy atom. The summed E-state index contributed by atoms with van der Waals surface area (Å²) in [5.41, 5.74) is 17.8. The monoisotopic (exact) mass is 908 g/mol. The van der Waals surface area contributed by atoms with E-state index >= 15 is 0 Å². The van der Waals surface area contributed by atoms with Gasteiger partial charge < -0.3 is 74.5 Å². The summed E-state index contributed by atoms with van der Waals surface area (Å²) in [5.74, 6) is -8.80. The van der Waals surface area contributed by atoms with Gasteiger partial charge in [-0.05, 0) is 49.4 Å². The summed E-state index contributed by atoms with van der Waals surface area (Å²) < 4.78 is 0. The molecule has 0 aliphatic carbocycles. The normalized spacial score (nSPS) is 14.1. The number of aromatic hydroxyl groups is 1. The van der Waals surface area contributed by atoms with Gasteiger partial charge in [0.05, 0.1) is 19.0 Å². The van der Waals surface area contributed by atoms with E-state index in [2.05, 4.69) is 46.9 Å². The number of benzene rings is 2. The number of aliphatic carboxylic acids is 2. The smallest absolute Gasteiger partial charge is 0.326 e. The van der Waals surface area contributed by atoms with Crippen LogP contribution >= 0.6 is 0 Å². The third kappa shape index (κ3) is 18.3. The molecule has 0 radical (unpaired) electrons. The molecule has 24 heteroatoms. The molecule has 0 unspecified atom stereocenters. The molecule has 17 N–H and O–H groups in total. The van der Waals surface area contributed by atoms with E-state index in [0.717, 1.165) is 0 Å². The molecule has 3 aromatic rings. The van der Waals surface area contributed by atoms with Crippen LogP contribution in [0.4, 0.5) is 0 Å². The first-order chi connectivity index (χ1) is 30.9. The van der Waals surface area contributed by atoms with Crippen molar-refractivity contribution in [1.29, 1.82) is 0 Å². The number of rotatable bonds is 27. The predicted octanol–water partition coefficient (Wildman–Crippen LogP) is -3.61. The van der Waals surface area contributed by atoms with Crippen molar-refractivity contribution in [3.63, 3.8) is 0 Å². The average Bonchev–Trinajstić information content (AvgIpc) is 3.78. The Hall–Kier alpha value is -7.60. The topological polar surface area (TPSA) is 409 Å². The number of nitrogens with two attached hydrogens (primary N) is 3. The SMILES string of the molecule is C[C@H](N)C(=O)N[C@@H](Cc1ccccc1)C(=O)N[C@@H](Cc1cnc[nH]1)C(=O)N[C@@H](Cc1ccc(O)cc1)C(=O)N[C@@H](CCC(=O)O)C(=O)N[C@@H](CO)C(=O)N[C@@H](CCCN=C(N)N)C(=O)O. The fourth-order valence-electron chi connectivity index (χ4n) is 6.12. The molecular formula is C41H56N12O12. The number of phenolic OH excluding ortho intramolecular Hbond substituents is 1. The van der Waals surface area contributed by atoms with Crippen LogP contribution in [0.25, 0.3) is 0 Å². The first-order valence-electron chi connectivity index (χ1n) is 20.3. The summed E-state index contributed by atoms with van der Waals surface area (Å²) in [5, 5.41) is 53.7. The van der Waals surface area contributed by atoms with Crippen molar-refractivity contribution in [1.82, 2.24) is 41.9 Å². The van der Waals surface area contributed by atoms with Crippen LogP contribution in [-0.2, 0) is 57.6 Å². The minimum absolute atomic E-state index is 0.00877. The number of nitrogens with one attached hydrogen (secondary N) is 7. The lowest BCUT2D eigenvalue weighted by atomic mass is 10.0. The van der Waals surface area contributed by atoms with E-state index in [-0.39, 0.29) is 50.4 Å². The number of amides is 6. The maximum atomic E-state index is 14.2. The zero-order chi connectivity index (χ0) is 48.1. The molecule has 1 heterocycles. The van der Waals surface area contributed by atoms with E-state index in [9.17, 15) is 58.8 Å². The molecule has 352 valence electrons. The third-order valence-corrected chi connectivity index (χ3v) is 9.61. The predicted molar refractivity (Wildman–Crippen MR) is 231 cm³/mol. The maximum Gasteiger partial charge on any atom is 0.326 e. The Morgan fingerprint density at radius 2 is 1.15 bits per heavy atom. The number of imidazole rings is 1. The second-order valence-corrected chi connectivity index (χ2v) is 14.9. The number of aliphatic hydroxyl groups excluding tert-OH is 1. The number of phenols is 1. The lowest BCUT2D eigenvalue weighted by molar-refractivity contribution is -0.142. The number of nitrogens with zero attached hydrogens (tertiary/aromatic N) is 2. The van der Waals surface area contributed by atoms with Gasteiger partial charge in [-0.25, -0.2) is 9.78 Å². The highest BCUT2D eigenvalue weighted by Gasteiger charge is 2.34. The number of carbonyl (C=O) groups is 8. The highest BCUT2D eigenvalue weighted by atomic mass is 16.4. The van der Waals surface area contributed by atoms with Crippen molar-refractivity contribution in [2.45, 2.75) is 94.2 Å². The van der Waals surface area contributed by atoms with E-state index in [1.54, 1.807) is 30.3 Å². The zero-order valence-electron chi connectivity index (χ0n) is 35.4. The first kappa shape index (κ1) is 51.7. The number of aliphatic imine (C=N–C) groups is 1. The van der Waals surface area contributed by atoms with Crippen molar-refractivity contribution in [2.24, 2.45) is 22.2 Å². The number of guanidine groups is 1. The molecule has 0 aliphatic rings. The van der Waals surface area contributed by atoms with Crippen LogP contribution in [0.15, 0.2) is 72.1 Å². The van der Waals surface area contributed by atoms with Gasteiger partial charge in [-0.15, -0.1) is 0 Å². The van der Waals surface area contributed by atoms with Crippen molar-refractivity contribution >= 4 is 53.3 Å². The molecular weight excluding hydrogens is 853 g/mol. The number of aromatic nitrogens is 2. The van der Waals surface area contributed by atoms with Crippen molar-refractivity contribution < 1.29 is 58.8 Å². The van der Waals surface area contributed by atoms with Crippen LogP contribution in [0.2, 0.25) is 0 Å². The van der Waals surface area contributed by atoms with Gasteiger partial charge >= 0.3 is 11.9 Å². The Balaban J connectivity index is 1.91. The first-order valence-corrected chi connectivity index (χ1v) is 20.3. The molecule has 3 rings (SSSR count). The Morgan fingerprint density at radius 3 is 1.66 bits per heavy atom. The van der Waals surface area contributed by atoms with Crippen LogP contribution in [0, 0.1) is 0 Å². The number of aromatic amines is 1. The van der Waals surface area contributed by atoms with Crippen molar-refractivity contribution in [3.8, 4) is 5.75 Å². The summed E-state index contributed by atoms with van der Waals surface area (Å²) in [4.78, 5) is 116. The van der Waals surface area contributed by atoms with Crippen LogP contribution in [0.5, 0.6) is 5.75 Å². The van der Waals surface area contributed by atoms with E-state index in [1.165, 1.54) is 43.7 Å². The number of carboxylic acid groups (broad SMARTS) is 2. The number of hydrogen-bond acceptors (Lipinski definition) is 13. The van der Waals surface area contributed by atoms with Crippen molar-refractivity contribution in [2.75, 3.05) is 13.2 Å². The maximum absolute atomic E-state index is 14.2. The van der Waals surface area contributed by atoms with E-state index < -0.39 is 109 Å². The number of carbonyl (C=O) groups excluding carboxylic acids is 6. The van der Waals surface area contributed by atoms with E-state index in [0.29, 0.717) is 16.8 Å². The van der Waals surface area contributed by atoms with Crippen LogP contribution in [0.1, 0.15) is 49.4 Å². The minimum Gasteiger partial charge on any atom is -0.508 e. The second kappa shape index (κ2) is 26.1. The quantitative estimate of drug-likeness (QED) is 0.0200. The van der Waals surface area contributed by atoms with Gasteiger partial charge in [0.1, 0.15) is 42.0 Å². The highest BCUT2D eigenvalue weighted by molar-refractivity contribution is 5.97. The Bertz CT molecular complexity index is 2100. The molecule has 0 bridgehead atoms. The lowest BCUT2D eigenvalue weighted by Crippen LogP contribution is -2.61. The van der Waals surface area contributed by atoms with Crippen LogP contribution in [-0.4, -0.2) is 139 Å². The number of aliphatic hydroxyl groups is 1. The molecule has 2 aromatic carbocycles. The molecule has 65 heavy (non-hydrogen) atoms. The Labute approximate surface area is 372 Å². The summed E-state index contributed by atoms with van der Waals surface area (Å²) in [7, 11) is 0. The van der Waals surface area contributed by atoms with Gasteiger partial charge in [-0.1, -0.05) is 42.5 Å². The van der Waals surface area contributed by atoms with Crippen LogP contribution in [0.3, 0.4) is 0 Å². The lowest BCUT2D eigenvalue weighted by Gasteiger charge is -2.27. The highest BCUT2D eigenvalue weighted by Crippen LogP contribution is 2.13. The van der Waals surface area contributed by atoms with E-state index in [1.807, 2.05) is 0 Å². The fourth-order valence-corrected chi connectivity index (χ4v) is 6.12. The van der Waals surface area contributed by atoms with E-state index in [4.69, 9.17) is 17.2 Å². The van der Waals surface area contributed by atoms with Crippen molar-refractivity contribution in [3.05, 3.63) is 83.9 Å². The fraction of sp³-hybridized carbons (Fsp3) is 0.415. The minimum atomic E-state index is -1.77. The molecule has 0 saturated carbocycles. The van der Waals surface area contributed by atoms with Gasteiger partial charge in [-0.2, -0.15) is 0 Å². The van der Waals surface area contributed by atoms with Gasteiger partial charge in [0.25, 0.3) is 0 Å². The summed E-state index contributed by atoms with van der Waals surface area (Å²) >= 11 is 0. The second-order valence-electron chi connectivity index (χ2n) is 14.9. The molecule has 0 fully saturated rings. The molecule has 0 aliphatic heterocycles. The molecule has 7 atom stereocenters. The van der Waals surface area contributed by atoms with Gasteiger partial charge in [0.15, 0.2) is 5.96 Å². The van der Waals surface area contributed by atoms with Gasteiger partial charge in [0, 0.05) is 44.1 Å². The molecule has 6 amide bonds. The zero-order valence-corrected chi connectivity index (χ0v) is 35.4. The van der Waals surface area contributed by atoms with Crippen LogP contribution < -0.4 is 49.1 Å². The Kier molecular flexibility index (Phi) is 20.8.